The molecule has 1 heterocycles. The van der Waals surface area contributed by atoms with Gasteiger partial charge < -0.3 is 4.42 Å². The van der Waals surface area contributed by atoms with E-state index < -0.39 is 0 Å². The van der Waals surface area contributed by atoms with Gasteiger partial charge in [-0.2, -0.15) is 0 Å². The summed E-state index contributed by atoms with van der Waals surface area (Å²) in [5, 5.41) is 0. The van der Waals surface area contributed by atoms with Gasteiger partial charge in [-0.25, -0.2) is 4.98 Å². The fraction of sp³-hybridized carbons (Fsp3) is 0.231. The molecule has 2 rings (SSSR count). The summed E-state index contributed by atoms with van der Waals surface area (Å²) in [6, 6.07) is 7.81. The van der Waals surface area contributed by atoms with E-state index in [0.29, 0.717) is 17.3 Å². The van der Waals surface area contributed by atoms with Gasteiger partial charge in [0.15, 0.2) is 5.78 Å². The van der Waals surface area contributed by atoms with Crippen LogP contribution in [0.4, 0.5) is 0 Å². The van der Waals surface area contributed by atoms with Crippen LogP contribution in [0.15, 0.2) is 28.7 Å². The topological polar surface area (TPSA) is 43.1 Å². The quantitative estimate of drug-likeness (QED) is 0.723. The largest absolute Gasteiger partial charge is 0.441 e. The second-order valence-corrected chi connectivity index (χ2v) is 3.79. The SMILES string of the molecule is CC(=O)c1nc(-c2ccccc2C)oc1C. The van der Waals surface area contributed by atoms with Gasteiger partial charge in [-0.15, -0.1) is 0 Å². The Balaban J connectivity index is 2.54. The first-order valence-electron chi connectivity index (χ1n) is 5.14. The van der Waals surface area contributed by atoms with Crippen molar-refractivity contribution in [2.24, 2.45) is 0 Å². The van der Waals surface area contributed by atoms with Gasteiger partial charge in [-0.05, 0) is 25.5 Å². The molecule has 0 saturated carbocycles. The number of rotatable bonds is 2. The van der Waals surface area contributed by atoms with Gasteiger partial charge in [0.2, 0.25) is 5.89 Å². The lowest BCUT2D eigenvalue weighted by Gasteiger charge is -1.98. The number of ketones is 1. The molecule has 0 aliphatic carbocycles. The number of aromatic nitrogens is 1. The zero-order valence-corrected chi connectivity index (χ0v) is 9.57. The smallest absolute Gasteiger partial charge is 0.227 e. The predicted molar refractivity (Wildman–Crippen MR) is 61.4 cm³/mol. The van der Waals surface area contributed by atoms with Gasteiger partial charge in [0.05, 0.1) is 0 Å². The molecule has 1 aromatic carbocycles. The molecular formula is C13H13NO2. The highest BCUT2D eigenvalue weighted by Gasteiger charge is 2.15. The van der Waals surface area contributed by atoms with E-state index in [1.807, 2.05) is 31.2 Å². The van der Waals surface area contributed by atoms with Gasteiger partial charge in [0.1, 0.15) is 11.5 Å². The molecule has 1 aromatic heterocycles. The Hall–Kier alpha value is -1.90. The van der Waals surface area contributed by atoms with Crippen molar-refractivity contribution in [3.63, 3.8) is 0 Å². The minimum absolute atomic E-state index is 0.0684. The molecule has 82 valence electrons. The molecule has 0 spiro atoms. The molecule has 0 saturated heterocycles. The average molecular weight is 215 g/mol. The highest BCUT2D eigenvalue weighted by atomic mass is 16.4. The summed E-state index contributed by atoms with van der Waals surface area (Å²) in [7, 11) is 0. The van der Waals surface area contributed by atoms with Crippen LogP contribution in [0.3, 0.4) is 0 Å². The molecule has 0 aliphatic rings. The van der Waals surface area contributed by atoms with E-state index >= 15 is 0 Å². The van der Waals surface area contributed by atoms with E-state index in [1.165, 1.54) is 6.92 Å². The molecule has 0 amide bonds. The zero-order valence-electron chi connectivity index (χ0n) is 9.57. The van der Waals surface area contributed by atoms with Crippen LogP contribution >= 0.6 is 0 Å². The van der Waals surface area contributed by atoms with Crippen molar-refractivity contribution in [3.05, 3.63) is 41.3 Å². The maximum Gasteiger partial charge on any atom is 0.227 e. The van der Waals surface area contributed by atoms with Crippen molar-refractivity contribution >= 4 is 5.78 Å². The highest BCUT2D eigenvalue weighted by Crippen LogP contribution is 2.24. The summed E-state index contributed by atoms with van der Waals surface area (Å²) in [6.07, 6.45) is 0. The third kappa shape index (κ3) is 1.76. The molecule has 3 heteroatoms. The normalized spacial score (nSPS) is 10.4. The van der Waals surface area contributed by atoms with E-state index in [9.17, 15) is 4.79 Å². The number of carbonyl (C=O) groups excluding carboxylic acids is 1. The summed E-state index contributed by atoms with van der Waals surface area (Å²) in [4.78, 5) is 15.5. The Labute approximate surface area is 94.1 Å². The number of benzene rings is 1. The number of hydrogen-bond donors (Lipinski definition) is 0. The summed E-state index contributed by atoms with van der Waals surface area (Å²) in [5.74, 6) is 1.02. The maximum absolute atomic E-state index is 11.3. The number of Topliss-reactive ketones (excluding diaryl/α,β-unsaturated/α-hetero) is 1. The molecule has 0 atom stereocenters. The number of hydrogen-bond acceptors (Lipinski definition) is 3. The summed E-state index contributed by atoms with van der Waals surface area (Å²) in [5.41, 5.74) is 2.43. The molecule has 0 radical (unpaired) electrons. The van der Waals surface area contributed by atoms with Crippen LogP contribution in [0.5, 0.6) is 0 Å². The molecule has 3 nitrogen and oxygen atoms in total. The van der Waals surface area contributed by atoms with Crippen LogP contribution < -0.4 is 0 Å². The first-order chi connectivity index (χ1) is 7.59. The fourth-order valence-electron chi connectivity index (χ4n) is 1.65. The lowest BCUT2D eigenvalue weighted by atomic mass is 10.1. The second-order valence-electron chi connectivity index (χ2n) is 3.79. The number of nitrogens with zero attached hydrogens (tertiary/aromatic N) is 1. The van der Waals surface area contributed by atoms with Crippen molar-refractivity contribution < 1.29 is 9.21 Å². The fourth-order valence-corrected chi connectivity index (χ4v) is 1.65. The van der Waals surface area contributed by atoms with Crippen LogP contribution in [0, 0.1) is 13.8 Å². The van der Waals surface area contributed by atoms with Crippen molar-refractivity contribution in [1.29, 1.82) is 0 Å². The van der Waals surface area contributed by atoms with Crippen LogP contribution in [-0.2, 0) is 0 Å². The number of aryl methyl sites for hydroxylation is 2. The monoisotopic (exact) mass is 215 g/mol. The van der Waals surface area contributed by atoms with Crippen LogP contribution in [0.2, 0.25) is 0 Å². The van der Waals surface area contributed by atoms with Crippen molar-refractivity contribution in [2.45, 2.75) is 20.8 Å². The molecule has 16 heavy (non-hydrogen) atoms. The molecular weight excluding hydrogens is 202 g/mol. The molecule has 2 aromatic rings. The predicted octanol–water partition coefficient (Wildman–Crippen LogP) is 3.16. The van der Waals surface area contributed by atoms with E-state index in [2.05, 4.69) is 4.98 Å². The van der Waals surface area contributed by atoms with Gasteiger partial charge in [-0.3, -0.25) is 4.79 Å². The molecule has 0 unspecified atom stereocenters. The first-order valence-corrected chi connectivity index (χ1v) is 5.14. The number of carbonyl (C=O) groups is 1. The lowest BCUT2D eigenvalue weighted by molar-refractivity contribution is 0.101. The van der Waals surface area contributed by atoms with Gasteiger partial charge in [0, 0.05) is 12.5 Å². The summed E-state index contributed by atoms with van der Waals surface area (Å²) >= 11 is 0. The lowest BCUT2D eigenvalue weighted by Crippen LogP contribution is -1.94. The molecule has 0 N–H and O–H groups in total. The Kier molecular flexibility index (Phi) is 2.60. The van der Waals surface area contributed by atoms with Crippen LogP contribution in [0.1, 0.15) is 28.7 Å². The first kappa shape index (κ1) is 10.6. The summed E-state index contributed by atoms with van der Waals surface area (Å²) < 4.78 is 5.51. The minimum Gasteiger partial charge on any atom is -0.441 e. The van der Waals surface area contributed by atoms with Crippen molar-refractivity contribution in [1.82, 2.24) is 4.98 Å². The van der Waals surface area contributed by atoms with Crippen LogP contribution in [-0.4, -0.2) is 10.8 Å². The second kappa shape index (κ2) is 3.93. The summed E-state index contributed by atoms with van der Waals surface area (Å²) in [6.45, 7) is 5.24. The molecule has 0 fully saturated rings. The van der Waals surface area contributed by atoms with E-state index in [4.69, 9.17) is 4.42 Å². The zero-order chi connectivity index (χ0) is 11.7. The van der Waals surface area contributed by atoms with Gasteiger partial charge in [-0.1, -0.05) is 18.2 Å². The Morgan fingerprint density at radius 3 is 2.50 bits per heavy atom. The van der Waals surface area contributed by atoms with Gasteiger partial charge in [0.25, 0.3) is 0 Å². The van der Waals surface area contributed by atoms with E-state index in [1.54, 1.807) is 6.92 Å². The standard InChI is InChI=1S/C13H13NO2/c1-8-6-4-5-7-11(8)13-14-12(9(2)15)10(3)16-13/h4-7H,1-3H3. The van der Waals surface area contributed by atoms with E-state index in [-0.39, 0.29) is 5.78 Å². The maximum atomic E-state index is 11.3. The third-order valence-corrected chi connectivity index (χ3v) is 2.51. The number of oxazole rings is 1. The van der Waals surface area contributed by atoms with Gasteiger partial charge >= 0.3 is 0 Å². The third-order valence-electron chi connectivity index (χ3n) is 2.51. The van der Waals surface area contributed by atoms with Crippen LogP contribution in [0.25, 0.3) is 11.5 Å². The van der Waals surface area contributed by atoms with Crippen molar-refractivity contribution in [3.8, 4) is 11.5 Å². The van der Waals surface area contributed by atoms with E-state index in [0.717, 1.165) is 11.1 Å². The molecule has 0 aliphatic heterocycles. The highest BCUT2D eigenvalue weighted by molar-refractivity contribution is 5.93. The molecule has 0 bridgehead atoms. The average Bonchev–Trinajstić information content (AvgIpc) is 2.61. The Morgan fingerprint density at radius 1 is 1.25 bits per heavy atom. The Bertz CT molecular complexity index is 541. The van der Waals surface area contributed by atoms with Crippen molar-refractivity contribution in [2.75, 3.05) is 0 Å². The Morgan fingerprint density at radius 2 is 1.94 bits per heavy atom. The minimum atomic E-state index is -0.0684.